The van der Waals surface area contributed by atoms with Gasteiger partial charge in [-0.15, -0.1) is 60.0 Å². The van der Waals surface area contributed by atoms with Crippen molar-refractivity contribution in [3.63, 3.8) is 0 Å². The van der Waals surface area contributed by atoms with E-state index < -0.39 is 0 Å². The molecule has 0 saturated heterocycles. The number of allylic oxidation sites excluding steroid dienone is 4. The van der Waals surface area contributed by atoms with Crippen molar-refractivity contribution in [2.75, 3.05) is 6.61 Å². The van der Waals surface area contributed by atoms with Crippen LogP contribution in [0.3, 0.4) is 0 Å². The molecule has 0 aliphatic heterocycles. The second-order valence-electron chi connectivity index (χ2n) is 8.25. The third-order valence-electron chi connectivity index (χ3n) is 5.06. The van der Waals surface area contributed by atoms with Crippen LogP contribution in [0.1, 0.15) is 54.0 Å². The normalized spacial score (nSPS) is 15.9. The van der Waals surface area contributed by atoms with Crippen LogP contribution in [0.5, 0.6) is 0 Å². The second kappa shape index (κ2) is 12.2. The van der Waals surface area contributed by atoms with Gasteiger partial charge in [-0.3, -0.25) is 0 Å². The van der Waals surface area contributed by atoms with Crippen LogP contribution in [0, 0.1) is 17.4 Å². The number of benzene rings is 2. The molecule has 3 rings (SSSR count). The smallest absolute Gasteiger partial charge is 0.0479 e. The largest absolute Gasteiger partial charge is 0.396 e. The van der Waals surface area contributed by atoms with Crippen molar-refractivity contribution < 1.29 is 26.8 Å². The zero-order valence-corrected chi connectivity index (χ0v) is 21.2. The van der Waals surface area contributed by atoms with Gasteiger partial charge in [-0.2, -0.15) is 0 Å². The van der Waals surface area contributed by atoms with Gasteiger partial charge in [0, 0.05) is 28.3 Å². The van der Waals surface area contributed by atoms with Crippen LogP contribution in [0.25, 0.3) is 16.3 Å². The van der Waals surface area contributed by atoms with Gasteiger partial charge >= 0.3 is 0 Å². The molecule has 0 spiro atoms. The molecule has 0 fully saturated rings. The first kappa shape index (κ1) is 29.6. The molecule has 1 aliphatic rings. The Kier molecular flexibility index (Phi) is 12.9. The number of hydrogen-bond donors (Lipinski definition) is 1. The number of rotatable bonds is 1. The Morgan fingerprint density at radius 1 is 0.929 bits per heavy atom. The minimum Gasteiger partial charge on any atom is -0.396 e. The maximum Gasteiger partial charge on any atom is 0.0479 e. The summed E-state index contributed by atoms with van der Waals surface area (Å²) >= 11 is 0. The molecule has 2 aromatic carbocycles. The van der Waals surface area contributed by atoms with Crippen molar-refractivity contribution >= 4 is 41.2 Å². The van der Waals surface area contributed by atoms with E-state index in [1.807, 2.05) is 20.8 Å². The molecule has 28 heavy (non-hydrogen) atoms. The molecule has 0 bridgehead atoms. The topological polar surface area (TPSA) is 20.2 Å². The predicted octanol–water partition coefficient (Wildman–Crippen LogP) is 7.27. The van der Waals surface area contributed by atoms with Crippen LogP contribution in [-0.4, -0.2) is 11.7 Å². The SMILES string of the molecule is CC(C)(C)CO.CC1=C(C)C(C)C(c2[c-]c3ccccc3cc2)=C1C.Cl.Cl.[Ti]. The first-order valence-electron chi connectivity index (χ1n) is 9.06. The Morgan fingerprint density at radius 3 is 1.93 bits per heavy atom. The summed E-state index contributed by atoms with van der Waals surface area (Å²) in [6, 6.07) is 16.4. The summed E-state index contributed by atoms with van der Waals surface area (Å²) in [4.78, 5) is 0. The van der Waals surface area contributed by atoms with E-state index in [1.165, 1.54) is 38.6 Å². The van der Waals surface area contributed by atoms with Gasteiger partial charge in [0.1, 0.15) is 0 Å². The van der Waals surface area contributed by atoms with Crippen molar-refractivity contribution in [2.24, 2.45) is 11.3 Å². The van der Waals surface area contributed by atoms with Gasteiger partial charge in [-0.25, -0.2) is 0 Å². The van der Waals surface area contributed by atoms with E-state index in [0.717, 1.165) is 0 Å². The molecule has 0 saturated carbocycles. The van der Waals surface area contributed by atoms with Crippen molar-refractivity contribution in [1.29, 1.82) is 0 Å². The van der Waals surface area contributed by atoms with Gasteiger partial charge in [0.15, 0.2) is 0 Å². The van der Waals surface area contributed by atoms with E-state index in [1.54, 1.807) is 0 Å². The molecule has 0 amide bonds. The fourth-order valence-electron chi connectivity index (χ4n) is 3.07. The monoisotopic (exact) mass is 455 g/mol. The first-order chi connectivity index (χ1) is 11.7. The Morgan fingerprint density at radius 2 is 1.46 bits per heavy atom. The van der Waals surface area contributed by atoms with Gasteiger partial charge in [0.2, 0.25) is 0 Å². The van der Waals surface area contributed by atoms with E-state index in [2.05, 4.69) is 70.2 Å². The maximum atomic E-state index is 8.40. The Labute approximate surface area is 198 Å². The molecular formula is C24H33Cl2OTi-. The molecule has 1 unspecified atom stereocenters. The molecule has 0 aromatic heterocycles. The van der Waals surface area contributed by atoms with Gasteiger partial charge in [0.25, 0.3) is 0 Å². The Hall–Kier alpha value is -0.566. The molecule has 1 nitrogen and oxygen atoms in total. The molecule has 0 heterocycles. The first-order valence-corrected chi connectivity index (χ1v) is 9.06. The number of aliphatic hydroxyl groups excluding tert-OH is 1. The van der Waals surface area contributed by atoms with Crippen molar-refractivity contribution in [1.82, 2.24) is 0 Å². The van der Waals surface area contributed by atoms with Crippen molar-refractivity contribution in [3.05, 3.63) is 64.7 Å². The predicted molar refractivity (Wildman–Crippen MR) is 124 cm³/mol. The molecule has 1 aliphatic carbocycles. The van der Waals surface area contributed by atoms with Crippen LogP contribution < -0.4 is 0 Å². The number of aliphatic hydroxyl groups is 1. The third kappa shape index (κ3) is 7.04. The quantitative estimate of drug-likeness (QED) is 0.354. The maximum absolute atomic E-state index is 8.40. The van der Waals surface area contributed by atoms with E-state index in [0.29, 0.717) is 5.92 Å². The summed E-state index contributed by atoms with van der Waals surface area (Å²) in [5.74, 6) is 0.511. The fourth-order valence-corrected chi connectivity index (χ4v) is 3.07. The van der Waals surface area contributed by atoms with Crippen LogP contribution in [-0.2, 0) is 21.7 Å². The fraction of sp³-hybridized carbons (Fsp3) is 0.417. The standard InChI is InChI=1S/C19H19.C5H12O.2ClH.Ti/c1-12-13(2)15(4)19(14(12)3)18-10-9-16-7-5-6-8-17(16)11-18;1-5(2,3)4-6;;;/h5-10,14H,1-4H3;6H,4H2,1-3H3;2*1H;/q-1;;;;. The van der Waals surface area contributed by atoms with Crippen molar-refractivity contribution in [2.45, 2.75) is 48.5 Å². The van der Waals surface area contributed by atoms with Crippen LogP contribution in [0.4, 0.5) is 0 Å². The summed E-state index contributed by atoms with van der Waals surface area (Å²) in [7, 11) is 0. The molecule has 154 valence electrons. The molecule has 1 N–H and O–H groups in total. The number of hydrogen-bond acceptors (Lipinski definition) is 1. The van der Waals surface area contributed by atoms with Gasteiger partial charge in [-0.05, 0) is 32.1 Å². The van der Waals surface area contributed by atoms with E-state index >= 15 is 0 Å². The average molecular weight is 456 g/mol. The molecule has 0 radical (unpaired) electrons. The molecular weight excluding hydrogens is 423 g/mol. The number of halogens is 2. The summed E-state index contributed by atoms with van der Waals surface area (Å²) in [5.41, 5.74) is 7.16. The third-order valence-corrected chi connectivity index (χ3v) is 5.06. The summed E-state index contributed by atoms with van der Waals surface area (Å²) < 4.78 is 0. The van der Waals surface area contributed by atoms with E-state index in [-0.39, 0.29) is 58.6 Å². The Balaban J connectivity index is 0. The summed E-state index contributed by atoms with van der Waals surface area (Å²) in [6.07, 6.45) is 0. The zero-order chi connectivity index (χ0) is 18.8. The summed E-state index contributed by atoms with van der Waals surface area (Å²) in [5, 5.41) is 10.9. The van der Waals surface area contributed by atoms with Crippen LogP contribution >= 0.6 is 24.8 Å². The average Bonchev–Trinajstić information content (AvgIpc) is 2.78. The molecule has 4 heteroatoms. The zero-order valence-electron chi connectivity index (χ0n) is 18.0. The summed E-state index contributed by atoms with van der Waals surface area (Å²) in [6.45, 7) is 15.3. The van der Waals surface area contributed by atoms with Crippen LogP contribution in [0.2, 0.25) is 0 Å². The minimum absolute atomic E-state index is 0. The molecule has 1 atom stereocenters. The second-order valence-corrected chi connectivity index (χ2v) is 8.25. The van der Waals surface area contributed by atoms with Gasteiger partial charge < -0.3 is 5.11 Å². The van der Waals surface area contributed by atoms with Crippen LogP contribution in [0.15, 0.2) is 53.1 Å². The Bertz CT molecular complexity index is 832. The van der Waals surface area contributed by atoms with Crippen molar-refractivity contribution in [3.8, 4) is 0 Å². The van der Waals surface area contributed by atoms with Gasteiger partial charge in [-0.1, -0.05) is 73.6 Å². The minimum atomic E-state index is 0. The molecule has 2 aromatic rings. The van der Waals surface area contributed by atoms with E-state index in [4.69, 9.17) is 5.11 Å². The van der Waals surface area contributed by atoms with E-state index in [9.17, 15) is 0 Å². The van der Waals surface area contributed by atoms with Gasteiger partial charge in [0.05, 0.1) is 0 Å². The number of fused-ring (bicyclic) bond motifs is 1.